The lowest BCUT2D eigenvalue weighted by molar-refractivity contribution is -0.116. The molecular weight excluding hydrogens is 657 g/mol. The maximum Gasteiger partial charge on any atom is 0.154 e. The van der Waals surface area contributed by atoms with E-state index in [2.05, 4.69) is 155 Å². The Balaban J connectivity index is 1.39. The van der Waals surface area contributed by atoms with Gasteiger partial charge in [-0.1, -0.05) is 109 Å². The van der Waals surface area contributed by atoms with Crippen molar-refractivity contribution in [2.75, 3.05) is 30.1 Å². The van der Waals surface area contributed by atoms with Crippen molar-refractivity contribution in [3.8, 4) is 0 Å². The smallest absolute Gasteiger partial charge is 0.154 e. The zero-order chi connectivity index (χ0) is 36.6. The molecular formula is C47H44N2O4. The lowest BCUT2D eigenvalue weighted by atomic mass is 9.95. The molecule has 0 fully saturated rings. The maximum absolute atomic E-state index is 11.9. The van der Waals surface area contributed by atoms with Gasteiger partial charge < -0.3 is 24.4 Å². The Bertz CT molecular complexity index is 2220. The van der Waals surface area contributed by atoms with E-state index in [9.17, 15) is 9.90 Å². The third-order valence-corrected chi connectivity index (χ3v) is 9.47. The van der Waals surface area contributed by atoms with Crippen LogP contribution in [0.25, 0.3) is 21.5 Å². The Morgan fingerprint density at radius 1 is 0.547 bits per heavy atom. The van der Waals surface area contributed by atoms with E-state index in [1.54, 1.807) is 14.0 Å². The van der Waals surface area contributed by atoms with E-state index in [4.69, 9.17) is 9.47 Å². The monoisotopic (exact) mass is 700 g/mol. The number of rotatable bonds is 15. The molecule has 6 heteroatoms. The van der Waals surface area contributed by atoms with Crippen LogP contribution in [0.4, 0.5) is 34.1 Å². The molecule has 0 saturated carbocycles. The van der Waals surface area contributed by atoms with Crippen molar-refractivity contribution in [3.05, 3.63) is 169 Å². The van der Waals surface area contributed by atoms with Crippen LogP contribution in [0.5, 0.6) is 0 Å². The highest BCUT2D eigenvalue weighted by Crippen LogP contribution is 2.50. The van der Waals surface area contributed by atoms with Gasteiger partial charge in [-0.2, -0.15) is 0 Å². The fraction of sp³-hybridized carbons (Fsp3) is 0.170. The Labute approximate surface area is 311 Å². The van der Waals surface area contributed by atoms with Crippen LogP contribution in [-0.4, -0.2) is 37.5 Å². The minimum atomic E-state index is -0.837. The quantitative estimate of drug-likeness (QED) is 0.0497. The van der Waals surface area contributed by atoms with E-state index in [1.807, 2.05) is 12.1 Å². The molecule has 0 aliphatic heterocycles. The van der Waals surface area contributed by atoms with Crippen molar-refractivity contribution in [1.82, 2.24) is 0 Å². The van der Waals surface area contributed by atoms with Gasteiger partial charge in [-0.25, -0.2) is 0 Å². The number of methoxy groups -OCH3 is 1. The number of aryl methyl sites for hydroxylation is 1. The average molecular weight is 701 g/mol. The Morgan fingerprint density at radius 3 is 1.36 bits per heavy atom. The highest BCUT2D eigenvalue weighted by molar-refractivity contribution is 6.23. The topological polar surface area (TPSA) is 62.2 Å². The SMILES string of the molecule is COCCOC(O)CCc1ccc(N(c2ccccc2)c2c3ccccc3c(N(c3ccccc3)c3ccc(CC(C)=O)cc3)c3ccccc23)cc1. The predicted octanol–water partition coefficient (Wildman–Crippen LogP) is 11.0. The minimum Gasteiger partial charge on any atom is -0.382 e. The molecule has 7 aromatic rings. The summed E-state index contributed by atoms with van der Waals surface area (Å²) in [5.74, 6) is 0.143. The first kappa shape index (κ1) is 35.6. The Hall–Kier alpha value is -5.79. The second-order valence-corrected chi connectivity index (χ2v) is 13.2. The molecule has 0 radical (unpaired) electrons. The number of carbonyl (C=O) groups is 1. The van der Waals surface area contributed by atoms with Crippen LogP contribution in [0.15, 0.2) is 158 Å². The van der Waals surface area contributed by atoms with Crippen LogP contribution in [0.2, 0.25) is 0 Å². The predicted molar refractivity (Wildman–Crippen MR) is 217 cm³/mol. The van der Waals surface area contributed by atoms with Crippen molar-refractivity contribution >= 4 is 61.5 Å². The standard InChI is InChI=1S/C47H44N2O4/c1-34(50)33-36-23-28-40(29-24-36)49(38-15-7-4-8-16-38)47-43-19-11-9-17-41(43)46(42-18-10-12-20-44(42)47)48(37-13-5-3-6-14-37)39-26-21-35(22-27-39)25-30-45(51)53-32-31-52-2/h3-24,26-29,45,51H,25,30-33H2,1-2H3. The number of hydrogen-bond acceptors (Lipinski definition) is 6. The summed E-state index contributed by atoms with van der Waals surface area (Å²) in [5.41, 5.74) is 8.42. The van der Waals surface area contributed by atoms with Crippen molar-refractivity contribution in [1.29, 1.82) is 0 Å². The van der Waals surface area contributed by atoms with Gasteiger partial charge in [-0.05, 0) is 73.0 Å². The number of para-hydroxylation sites is 2. The molecule has 7 rings (SSSR count). The number of carbonyl (C=O) groups excluding carboxylic acids is 1. The highest BCUT2D eigenvalue weighted by Gasteiger charge is 2.25. The van der Waals surface area contributed by atoms with Gasteiger partial charge >= 0.3 is 0 Å². The molecule has 0 aromatic heterocycles. The molecule has 1 atom stereocenters. The number of hydrogen-bond donors (Lipinski definition) is 1. The maximum atomic E-state index is 11.9. The first-order valence-electron chi connectivity index (χ1n) is 18.1. The van der Waals surface area contributed by atoms with Gasteiger partial charge in [0, 0.05) is 64.2 Å². The van der Waals surface area contributed by atoms with Crippen LogP contribution < -0.4 is 9.80 Å². The normalized spacial score (nSPS) is 11.8. The number of aliphatic hydroxyl groups excluding tert-OH is 1. The van der Waals surface area contributed by atoms with Crippen molar-refractivity contribution in [2.24, 2.45) is 0 Å². The Morgan fingerprint density at radius 2 is 0.943 bits per heavy atom. The molecule has 1 N–H and O–H groups in total. The van der Waals surface area contributed by atoms with E-state index < -0.39 is 6.29 Å². The molecule has 0 spiro atoms. The molecule has 0 bridgehead atoms. The minimum absolute atomic E-state index is 0.143. The van der Waals surface area contributed by atoms with Gasteiger partial charge in [0.1, 0.15) is 5.78 Å². The summed E-state index contributed by atoms with van der Waals surface area (Å²) in [6.45, 7) is 2.44. The lowest BCUT2D eigenvalue weighted by Gasteiger charge is -2.33. The second kappa shape index (κ2) is 16.7. The number of nitrogens with zero attached hydrogens (tertiary/aromatic N) is 2. The summed E-state index contributed by atoms with van der Waals surface area (Å²) in [6, 6.07) is 55.2. The second-order valence-electron chi connectivity index (χ2n) is 13.2. The molecule has 0 heterocycles. The van der Waals surface area contributed by atoms with Gasteiger partial charge in [-0.15, -0.1) is 0 Å². The van der Waals surface area contributed by atoms with Crippen molar-refractivity contribution < 1.29 is 19.4 Å². The summed E-state index contributed by atoms with van der Waals surface area (Å²) in [5, 5.41) is 14.8. The summed E-state index contributed by atoms with van der Waals surface area (Å²) in [6.07, 6.45) is 0.759. The zero-order valence-electron chi connectivity index (χ0n) is 30.2. The van der Waals surface area contributed by atoms with Gasteiger partial charge in [0.2, 0.25) is 0 Å². The van der Waals surface area contributed by atoms with E-state index in [-0.39, 0.29) is 5.78 Å². The third kappa shape index (κ3) is 8.01. The summed E-state index contributed by atoms with van der Waals surface area (Å²) >= 11 is 0. The van der Waals surface area contributed by atoms with Gasteiger partial charge in [0.05, 0.1) is 24.6 Å². The molecule has 6 nitrogen and oxygen atoms in total. The van der Waals surface area contributed by atoms with Gasteiger partial charge in [0.25, 0.3) is 0 Å². The zero-order valence-corrected chi connectivity index (χ0v) is 30.2. The molecule has 0 saturated heterocycles. The summed E-state index contributed by atoms with van der Waals surface area (Å²) < 4.78 is 10.5. The van der Waals surface area contributed by atoms with Crippen molar-refractivity contribution in [2.45, 2.75) is 32.5 Å². The van der Waals surface area contributed by atoms with Crippen LogP contribution in [0.3, 0.4) is 0 Å². The van der Waals surface area contributed by atoms with E-state index >= 15 is 0 Å². The number of Topliss-reactive ketones (excluding diaryl/α,β-unsaturated/α-hetero) is 1. The Kier molecular flexibility index (Phi) is 11.2. The molecule has 0 amide bonds. The molecule has 0 aliphatic carbocycles. The molecule has 7 aromatic carbocycles. The molecule has 0 aliphatic rings. The lowest BCUT2D eigenvalue weighted by Crippen LogP contribution is -2.16. The number of benzene rings is 7. The number of ketones is 1. The van der Waals surface area contributed by atoms with Crippen LogP contribution in [0.1, 0.15) is 24.5 Å². The van der Waals surface area contributed by atoms with E-state index in [0.29, 0.717) is 32.5 Å². The first-order valence-corrected chi connectivity index (χ1v) is 18.1. The van der Waals surface area contributed by atoms with E-state index in [1.165, 1.54) is 0 Å². The van der Waals surface area contributed by atoms with Crippen molar-refractivity contribution in [3.63, 3.8) is 0 Å². The number of ether oxygens (including phenoxy) is 2. The van der Waals surface area contributed by atoms with E-state index in [0.717, 1.165) is 66.8 Å². The highest BCUT2D eigenvalue weighted by atomic mass is 16.6. The number of fused-ring (bicyclic) bond motifs is 2. The molecule has 1 unspecified atom stereocenters. The third-order valence-electron chi connectivity index (χ3n) is 9.47. The number of anilines is 6. The average Bonchev–Trinajstić information content (AvgIpc) is 3.20. The molecule has 53 heavy (non-hydrogen) atoms. The van der Waals surface area contributed by atoms with Crippen LogP contribution in [-0.2, 0) is 27.1 Å². The molecule has 266 valence electrons. The van der Waals surface area contributed by atoms with Gasteiger partial charge in [-0.3, -0.25) is 4.79 Å². The fourth-order valence-corrected chi connectivity index (χ4v) is 7.04. The van der Waals surface area contributed by atoms with Gasteiger partial charge in [0.15, 0.2) is 6.29 Å². The summed E-state index contributed by atoms with van der Waals surface area (Å²) in [7, 11) is 1.62. The largest absolute Gasteiger partial charge is 0.382 e. The fourth-order valence-electron chi connectivity index (χ4n) is 7.04. The number of aliphatic hydroxyl groups is 1. The summed E-state index contributed by atoms with van der Waals surface area (Å²) in [4.78, 5) is 16.6. The van der Waals surface area contributed by atoms with Crippen LogP contribution >= 0.6 is 0 Å². The van der Waals surface area contributed by atoms with Crippen LogP contribution in [0, 0.1) is 0 Å². The first-order chi connectivity index (χ1) is 26.0.